The molecule has 2 atom stereocenters. The molecule has 0 heterocycles. The van der Waals surface area contributed by atoms with Gasteiger partial charge in [0.05, 0.1) is 6.10 Å². The Bertz CT molecular complexity index is 178. The molecular weight excluding hydrogens is 268 g/mol. The maximum atomic E-state index is 9.41. The van der Waals surface area contributed by atoms with Gasteiger partial charge in [0.25, 0.3) is 0 Å². The zero-order valence-corrected chi connectivity index (χ0v) is 17.2. The zero-order chi connectivity index (χ0) is 17.7. The number of aliphatic hydroxyl groups is 1. The Morgan fingerprint density at radius 1 is 0.591 bits per heavy atom. The molecule has 136 valence electrons. The quantitative estimate of drug-likeness (QED) is 0.463. The Morgan fingerprint density at radius 3 is 1.14 bits per heavy atom. The summed E-state index contributed by atoms with van der Waals surface area (Å²) in [7, 11) is 0. The highest BCUT2D eigenvalue weighted by molar-refractivity contribution is 4.68. The molecule has 0 rings (SSSR count). The van der Waals surface area contributed by atoms with Crippen LogP contribution in [0.4, 0.5) is 0 Å². The first-order valence-corrected chi connectivity index (χ1v) is 9.86. The van der Waals surface area contributed by atoms with Crippen LogP contribution in [0.25, 0.3) is 0 Å². The van der Waals surface area contributed by atoms with Gasteiger partial charge in [-0.3, -0.25) is 0 Å². The smallest absolute Gasteiger partial charge is 0.0542 e. The van der Waals surface area contributed by atoms with E-state index >= 15 is 0 Å². The molecule has 0 saturated heterocycles. The van der Waals surface area contributed by atoms with Crippen LogP contribution in [0.3, 0.4) is 0 Å². The molecule has 0 aromatic rings. The van der Waals surface area contributed by atoms with E-state index in [0.29, 0.717) is 11.8 Å². The fourth-order valence-corrected chi connectivity index (χ4v) is 3.45. The van der Waals surface area contributed by atoms with E-state index in [0.717, 1.165) is 17.8 Å². The van der Waals surface area contributed by atoms with Gasteiger partial charge in [-0.2, -0.15) is 0 Å². The van der Waals surface area contributed by atoms with Gasteiger partial charge in [-0.05, 0) is 49.4 Å². The zero-order valence-electron chi connectivity index (χ0n) is 17.2. The minimum absolute atomic E-state index is 0.137. The molecule has 1 heteroatoms. The van der Waals surface area contributed by atoms with E-state index in [9.17, 15) is 5.11 Å². The molecule has 1 N–H and O–H groups in total. The van der Waals surface area contributed by atoms with Crippen LogP contribution in [0.2, 0.25) is 0 Å². The highest BCUT2D eigenvalue weighted by Gasteiger charge is 2.17. The van der Waals surface area contributed by atoms with Crippen molar-refractivity contribution >= 4 is 0 Å². The van der Waals surface area contributed by atoms with Gasteiger partial charge in [0.15, 0.2) is 0 Å². The van der Waals surface area contributed by atoms with E-state index in [-0.39, 0.29) is 6.10 Å². The second-order valence-corrected chi connectivity index (χ2v) is 8.08. The fourth-order valence-electron chi connectivity index (χ4n) is 3.45. The third kappa shape index (κ3) is 12.5. The van der Waals surface area contributed by atoms with Crippen LogP contribution in [0.15, 0.2) is 0 Å². The van der Waals surface area contributed by atoms with Crippen molar-refractivity contribution in [2.75, 3.05) is 0 Å². The Hall–Kier alpha value is -0.0400. The normalized spacial score (nSPS) is 14.5. The van der Waals surface area contributed by atoms with Crippen molar-refractivity contribution in [1.29, 1.82) is 0 Å². The van der Waals surface area contributed by atoms with Gasteiger partial charge in [-0.25, -0.2) is 0 Å². The van der Waals surface area contributed by atoms with Crippen LogP contribution < -0.4 is 0 Å². The fraction of sp³-hybridized carbons (Fsp3) is 1.00. The second kappa shape index (κ2) is 14.5. The topological polar surface area (TPSA) is 20.2 Å². The first kappa shape index (κ1) is 24.2. The minimum atomic E-state index is -0.137. The molecule has 0 aliphatic carbocycles. The summed E-state index contributed by atoms with van der Waals surface area (Å²) in [6, 6.07) is 0. The molecule has 22 heavy (non-hydrogen) atoms. The maximum absolute atomic E-state index is 9.41. The van der Waals surface area contributed by atoms with Gasteiger partial charge in [0.1, 0.15) is 0 Å². The molecule has 0 aliphatic heterocycles. The molecule has 0 spiro atoms. The third-order valence-corrected chi connectivity index (χ3v) is 4.97. The standard InChI is InChI=1S/C11H24.C10H22O/c1-6-7-8-11(9(2)3)10(4)5;1-5-6-7-10(8(2)3)9(4)11/h9-11H,6-8H2,1-5H3;8-11H,5-7H2,1-4H3/t;9-,10+/m.0/s1. The number of hydrogen-bond acceptors (Lipinski definition) is 1. The van der Waals surface area contributed by atoms with E-state index in [1.165, 1.54) is 38.5 Å². The van der Waals surface area contributed by atoms with Gasteiger partial charge in [0, 0.05) is 0 Å². The number of aliphatic hydroxyl groups excluding tert-OH is 1. The molecule has 0 aromatic carbocycles. The molecule has 0 unspecified atom stereocenters. The third-order valence-electron chi connectivity index (χ3n) is 4.97. The molecule has 0 saturated carbocycles. The average molecular weight is 315 g/mol. The number of rotatable bonds is 10. The van der Waals surface area contributed by atoms with Gasteiger partial charge in [-0.1, -0.05) is 81.1 Å². The van der Waals surface area contributed by atoms with Crippen LogP contribution >= 0.6 is 0 Å². The predicted molar refractivity (Wildman–Crippen MR) is 102 cm³/mol. The monoisotopic (exact) mass is 314 g/mol. The van der Waals surface area contributed by atoms with Crippen molar-refractivity contribution in [1.82, 2.24) is 0 Å². The summed E-state index contributed by atoms with van der Waals surface area (Å²) in [6.07, 6.45) is 7.68. The molecule has 0 amide bonds. The van der Waals surface area contributed by atoms with Crippen LogP contribution in [-0.2, 0) is 0 Å². The summed E-state index contributed by atoms with van der Waals surface area (Å²) < 4.78 is 0. The van der Waals surface area contributed by atoms with Crippen molar-refractivity contribution in [3.8, 4) is 0 Å². The molecule has 0 radical (unpaired) electrons. The summed E-state index contributed by atoms with van der Waals surface area (Å²) in [5.74, 6) is 3.77. The lowest BCUT2D eigenvalue weighted by Crippen LogP contribution is -2.22. The van der Waals surface area contributed by atoms with Gasteiger partial charge in [0.2, 0.25) is 0 Å². The Labute approximate surface area is 142 Å². The highest BCUT2D eigenvalue weighted by atomic mass is 16.3. The molecule has 0 bridgehead atoms. The van der Waals surface area contributed by atoms with Crippen LogP contribution in [0.5, 0.6) is 0 Å². The van der Waals surface area contributed by atoms with Crippen LogP contribution in [0.1, 0.15) is 101 Å². The van der Waals surface area contributed by atoms with Gasteiger partial charge in [-0.15, -0.1) is 0 Å². The Balaban J connectivity index is 0. The lowest BCUT2D eigenvalue weighted by molar-refractivity contribution is 0.0904. The average Bonchev–Trinajstić information content (AvgIpc) is 2.38. The van der Waals surface area contributed by atoms with Crippen molar-refractivity contribution in [2.24, 2.45) is 29.6 Å². The van der Waals surface area contributed by atoms with E-state index in [1.807, 2.05) is 6.92 Å². The first-order chi connectivity index (χ1) is 10.2. The SMILES string of the molecule is CCCCC(C(C)C)C(C)C.CCCC[C@H](C(C)C)[C@H](C)O. The number of hydrogen-bond donors (Lipinski definition) is 1. The van der Waals surface area contributed by atoms with E-state index in [1.54, 1.807) is 0 Å². The molecule has 1 nitrogen and oxygen atoms in total. The highest BCUT2D eigenvalue weighted by Crippen LogP contribution is 2.25. The summed E-state index contributed by atoms with van der Waals surface area (Å²) in [4.78, 5) is 0. The van der Waals surface area contributed by atoms with E-state index < -0.39 is 0 Å². The lowest BCUT2D eigenvalue weighted by Gasteiger charge is -2.24. The summed E-state index contributed by atoms with van der Waals surface area (Å²) in [5.41, 5.74) is 0. The Morgan fingerprint density at radius 2 is 0.909 bits per heavy atom. The van der Waals surface area contributed by atoms with Crippen LogP contribution in [-0.4, -0.2) is 11.2 Å². The van der Waals surface area contributed by atoms with Crippen LogP contribution in [0, 0.1) is 29.6 Å². The first-order valence-electron chi connectivity index (χ1n) is 9.86. The second-order valence-electron chi connectivity index (χ2n) is 8.08. The van der Waals surface area contributed by atoms with Crippen molar-refractivity contribution in [2.45, 2.75) is 107 Å². The van der Waals surface area contributed by atoms with Crippen molar-refractivity contribution < 1.29 is 5.11 Å². The van der Waals surface area contributed by atoms with Gasteiger partial charge < -0.3 is 5.11 Å². The minimum Gasteiger partial charge on any atom is -0.393 e. The lowest BCUT2D eigenvalue weighted by atomic mass is 9.82. The molecule has 0 aliphatic rings. The summed E-state index contributed by atoms with van der Waals surface area (Å²) in [6.45, 7) is 20.1. The van der Waals surface area contributed by atoms with Gasteiger partial charge >= 0.3 is 0 Å². The van der Waals surface area contributed by atoms with Crippen molar-refractivity contribution in [3.63, 3.8) is 0 Å². The Kier molecular flexibility index (Phi) is 16.0. The molecular formula is C21H46O. The largest absolute Gasteiger partial charge is 0.393 e. The molecule has 0 fully saturated rings. The summed E-state index contributed by atoms with van der Waals surface area (Å²) in [5, 5.41) is 9.41. The van der Waals surface area contributed by atoms with Crippen molar-refractivity contribution in [3.05, 3.63) is 0 Å². The maximum Gasteiger partial charge on any atom is 0.0542 e. The predicted octanol–water partition coefficient (Wildman–Crippen LogP) is 6.93. The summed E-state index contributed by atoms with van der Waals surface area (Å²) >= 11 is 0. The molecule has 0 aromatic heterocycles. The van der Waals surface area contributed by atoms with E-state index in [2.05, 4.69) is 55.4 Å². The number of unbranched alkanes of at least 4 members (excludes halogenated alkanes) is 2. The van der Waals surface area contributed by atoms with E-state index in [4.69, 9.17) is 0 Å².